The summed E-state index contributed by atoms with van der Waals surface area (Å²) < 4.78 is 0. The molecule has 0 radical (unpaired) electrons. The molecule has 1 saturated heterocycles. The maximum absolute atomic E-state index is 5.69. The highest BCUT2D eigenvalue weighted by atomic mass is 35.5. The van der Waals surface area contributed by atoms with Gasteiger partial charge in [0.25, 0.3) is 0 Å². The Morgan fingerprint density at radius 3 is 2.67 bits per heavy atom. The molecule has 0 aromatic heterocycles. The van der Waals surface area contributed by atoms with E-state index in [0.717, 1.165) is 0 Å². The summed E-state index contributed by atoms with van der Waals surface area (Å²) in [5.41, 5.74) is 0. The van der Waals surface area contributed by atoms with Gasteiger partial charge in [0.15, 0.2) is 0 Å². The molecular weight excluding hydrogens is 116 g/mol. The van der Waals surface area contributed by atoms with Crippen LogP contribution in [0.3, 0.4) is 0 Å². The number of thioether (sulfide) groups is 1. The molecular formula is C4H7ClS. The van der Waals surface area contributed by atoms with Gasteiger partial charge in [0.2, 0.25) is 0 Å². The van der Waals surface area contributed by atoms with E-state index >= 15 is 0 Å². The molecule has 0 bridgehead atoms. The van der Waals surface area contributed by atoms with E-state index in [1.54, 1.807) is 0 Å². The maximum Gasteiger partial charge on any atom is 0.0434 e. The number of hydrogen-bond donors (Lipinski definition) is 0. The molecule has 1 aliphatic heterocycles. The normalized spacial score (nSPS) is 34.5. The molecule has 6 heavy (non-hydrogen) atoms. The Balaban J connectivity index is 2.18. The van der Waals surface area contributed by atoms with Crippen molar-refractivity contribution in [1.82, 2.24) is 0 Å². The second-order valence-corrected chi connectivity index (χ2v) is 3.23. The Labute approximate surface area is 47.3 Å². The van der Waals surface area contributed by atoms with Crippen molar-refractivity contribution in [2.45, 2.75) is 11.8 Å². The van der Waals surface area contributed by atoms with E-state index in [1.807, 2.05) is 11.8 Å². The maximum atomic E-state index is 5.69. The lowest BCUT2D eigenvalue weighted by Crippen LogP contribution is -1.90. The summed E-state index contributed by atoms with van der Waals surface area (Å²) in [7, 11) is 0. The summed E-state index contributed by atoms with van der Waals surface area (Å²) in [5.74, 6) is 2.44. The van der Waals surface area contributed by atoms with Gasteiger partial charge in [0.1, 0.15) is 0 Å². The summed E-state index contributed by atoms with van der Waals surface area (Å²) in [6.45, 7) is 0. The van der Waals surface area contributed by atoms with E-state index in [-0.39, 0.29) is 0 Å². The molecule has 1 aliphatic rings. The average molecular weight is 123 g/mol. The molecule has 0 aromatic rings. The second kappa shape index (κ2) is 2.08. The minimum atomic E-state index is 0.481. The fourth-order valence-electron chi connectivity index (χ4n) is 0.506. The van der Waals surface area contributed by atoms with E-state index in [2.05, 4.69) is 0 Å². The molecule has 1 heterocycles. The van der Waals surface area contributed by atoms with Gasteiger partial charge in [0.05, 0.1) is 0 Å². The number of rotatable bonds is 0. The molecule has 36 valence electrons. The molecule has 2 heteroatoms. The van der Waals surface area contributed by atoms with Gasteiger partial charge in [-0.15, -0.1) is 11.6 Å². The van der Waals surface area contributed by atoms with E-state index in [0.29, 0.717) is 5.38 Å². The fraction of sp³-hybridized carbons (Fsp3) is 1.00. The molecule has 0 spiro atoms. The van der Waals surface area contributed by atoms with Crippen molar-refractivity contribution >= 4 is 23.4 Å². The largest absolute Gasteiger partial charge is 0.160 e. The van der Waals surface area contributed by atoms with Gasteiger partial charge >= 0.3 is 0 Å². The zero-order valence-corrected chi connectivity index (χ0v) is 5.06. The van der Waals surface area contributed by atoms with Crippen LogP contribution in [0.5, 0.6) is 0 Å². The Hall–Kier alpha value is 0.640. The van der Waals surface area contributed by atoms with E-state index in [4.69, 9.17) is 11.6 Å². The third-order valence-corrected chi connectivity index (χ3v) is 2.59. The van der Waals surface area contributed by atoms with E-state index in [9.17, 15) is 0 Å². The molecule has 0 aromatic carbocycles. The van der Waals surface area contributed by atoms with Gasteiger partial charge < -0.3 is 0 Å². The van der Waals surface area contributed by atoms with Crippen molar-refractivity contribution in [2.24, 2.45) is 0 Å². The zero-order valence-electron chi connectivity index (χ0n) is 3.48. The summed E-state index contributed by atoms with van der Waals surface area (Å²) in [4.78, 5) is 0. The molecule has 0 aliphatic carbocycles. The summed E-state index contributed by atoms with van der Waals surface area (Å²) in [6, 6.07) is 0. The third-order valence-electron chi connectivity index (χ3n) is 0.874. The predicted octanol–water partition coefficient (Wildman–Crippen LogP) is 1.73. The van der Waals surface area contributed by atoms with Gasteiger partial charge in [-0.3, -0.25) is 0 Å². The first-order valence-corrected chi connectivity index (χ1v) is 3.70. The lowest BCUT2D eigenvalue weighted by atomic mass is 10.4. The fourth-order valence-corrected chi connectivity index (χ4v) is 2.05. The van der Waals surface area contributed by atoms with E-state index in [1.165, 1.54) is 17.9 Å². The first-order chi connectivity index (χ1) is 2.89. The van der Waals surface area contributed by atoms with Crippen LogP contribution in [0.1, 0.15) is 6.42 Å². The minimum Gasteiger partial charge on any atom is -0.160 e. The molecule has 1 fully saturated rings. The summed E-state index contributed by atoms with van der Waals surface area (Å²) in [5, 5.41) is 0.481. The second-order valence-electron chi connectivity index (χ2n) is 1.46. The quantitative estimate of drug-likeness (QED) is 0.441. The van der Waals surface area contributed by atoms with Crippen LogP contribution < -0.4 is 0 Å². The monoisotopic (exact) mass is 122 g/mol. The number of hydrogen-bond acceptors (Lipinski definition) is 1. The smallest absolute Gasteiger partial charge is 0.0434 e. The standard InChI is InChI=1S/C4H7ClS/c5-4-1-2-6-3-4/h4H,1-3H2/t4-/m0/s1. The first-order valence-electron chi connectivity index (χ1n) is 2.11. The van der Waals surface area contributed by atoms with Gasteiger partial charge in [-0.05, 0) is 12.2 Å². The van der Waals surface area contributed by atoms with Gasteiger partial charge in [-0.1, -0.05) is 0 Å². The van der Waals surface area contributed by atoms with Crippen LogP contribution in [0.2, 0.25) is 0 Å². The minimum absolute atomic E-state index is 0.481. The van der Waals surface area contributed by atoms with Crippen LogP contribution >= 0.6 is 23.4 Å². The van der Waals surface area contributed by atoms with Crippen LogP contribution in [-0.2, 0) is 0 Å². The average Bonchev–Trinajstić information content (AvgIpc) is 1.86. The Bertz CT molecular complexity index is 40.8. The predicted molar refractivity (Wildman–Crippen MR) is 31.6 cm³/mol. The Morgan fingerprint density at radius 1 is 1.67 bits per heavy atom. The number of halogens is 1. The molecule has 0 unspecified atom stereocenters. The highest BCUT2D eigenvalue weighted by Crippen LogP contribution is 2.21. The van der Waals surface area contributed by atoms with Gasteiger partial charge in [-0.2, -0.15) is 11.8 Å². The lowest BCUT2D eigenvalue weighted by molar-refractivity contribution is 0.959. The van der Waals surface area contributed by atoms with E-state index < -0.39 is 0 Å². The summed E-state index contributed by atoms with van der Waals surface area (Å²) >= 11 is 7.64. The molecule has 0 nitrogen and oxygen atoms in total. The van der Waals surface area contributed by atoms with Crippen molar-refractivity contribution in [3.63, 3.8) is 0 Å². The molecule has 0 N–H and O–H groups in total. The van der Waals surface area contributed by atoms with Crippen LogP contribution in [0.15, 0.2) is 0 Å². The highest BCUT2D eigenvalue weighted by Gasteiger charge is 2.10. The Morgan fingerprint density at radius 2 is 2.50 bits per heavy atom. The lowest BCUT2D eigenvalue weighted by Gasteiger charge is -1.87. The van der Waals surface area contributed by atoms with Gasteiger partial charge in [0, 0.05) is 11.1 Å². The molecule has 1 rings (SSSR count). The van der Waals surface area contributed by atoms with Crippen molar-refractivity contribution in [3.05, 3.63) is 0 Å². The van der Waals surface area contributed by atoms with Crippen molar-refractivity contribution in [1.29, 1.82) is 0 Å². The first kappa shape index (κ1) is 4.79. The number of alkyl halides is 1. The topological polar surface area (TPSA) is 0 Å². The van der Waals surface area contributed by atoms with Crippen molar-refractivity contribution in [2.75, 3.05) is 11.5 Å². The molecule has 0 saturated carbocycles. The molecule has 0 amide bonds. The van der Waals surface area contributed by atoms with Crippen molar-refractivity contribution < 1.29 is 0 Å². The van der Waals surface area contributed by atoms with Crippen LogP contribution in [0.25, 0.3) is 0 Å². The SMILES string of the molecule is Cl[C@H]1CCSC1. The van der Waals surface area contributed by atoms with Gasteiger partial charge in [-0.25, -0.2) is 0 Å². The zero-order chi connectivity index (χ0) is 4.41. The highest BCUT2D eigenvalue weighted by molar-refractivity contribution is 7.99. The molecule has 1 atom stereocenters. The van der Waals surface area contributed by atoms with Crippen molar-refractivity contribution in [3.8, 4) is 0 Å². The third kappa shape index (κ3) is 1.05. The summed E-state index contributed by atoms with van der Waals surface area (Å²) in [6.07, 6.45) is 1.21. The van der Waals surface area contributed by atoms with Crippen LogP contribution in [0.4, 0.5) is 0 Å². The Kier molecular flexibility index (Phi) is 1.66. The van der Waals surface area contributed by atoms with Crippen LogP contribution in [0, 0.1) is 0 Å². The van der Waals surface area contributed by atoms with Crippen LogP contribution in [-0.4, -0.2) is 16.9 Å².